The minimum atomic E-state index is 0.464. The van der Waals surface area contributed by atoms with Gasteiger partial charge in [0.2, 0.25) is 0 Å². The summed E-state index contributed by atoms with van der Waals surface area (Å²) in [4.78, 5) is 4.34. The minimum Gasteiger partial charge on any atom is -0.290 e. The zero-order chi connectivity index (χ0) is 8.69. The standard InChI is InChI=1S/C10H19N/c1-5-6-7-10(4)11-8-9(2)3/h8,10H,2,5-7H2,1,3-4H3. The highest BCUT2D eigenvalue weighted by atomic mass is 14.7. The molecule has 0 aliphatic heterocycles. The van der Waals surface area contributed by atoms with Crippen molar-refractivity contribution in [2.75, 3.05) is 0 Å². The molecule has 1 unspecified atom stereocenters. The maximum Gasteiger partial charge on any atom is 0.0471 e. The van der Waals surface area contributed by atoms with Gasteiger partial charge in [0.1, 0.15) is 0 Å². The lowest BCUT2D eigenvalue weighted by molar-refractivity contribution is 0.619. The quantitative estimate of drug-likeness (QED) is 0.538. The maximum absolute atomic E-state index is 4.34. The van der Waals surface area contributed by atoms with Crippen LogP contribution < -0.4 is 0 Å². The molecule has 0 rings (SSSR count). The third kappa shape index (κ3) is 7.31. The second kappa shape index (κ2) is 6.14. The molecule has 0 N–H and O–H groups in total. The maximum atomic E-state index is 4.34. The molecule has 0 aromatic heterocycles. The predicted octanol–water partition coefficient (Wildman–Crippen LogP) is 3.21. The SMILES string of the molecule is C=C(C)C=NC(C)CCCC. The molecule has 0 aromatic carbocycles. The Labute approximate surface area is 70.2 Å². The van der Waals surface area contributed by atoms with Gasteiger partial charge in [-0.05, 0) is 25.8 Å². The van der Waals surface area contributed by atoms with E-state index in [1.165, 1.54) is 19.3 Å². The smallest absolute Gasteiger partial charge is 0.0471 e. The lowest BCUT2D eigenvalue weighted by atomic mass is 10.1. The summed E-state index contributed by atoms with van der Waals surface area (Å²) in [5.41, 5.74) is 1.04. The van der Waals surface area contributed by atoms with Crippen LogP contribution in [0.5, 0.6) is 0 Å². The van der Waals surface area contributed by atoms with Gasteiger partial charge in [0.25, 0.3) is 0 Å². The van der Waals surface area contributed by atoms with Gasteiger partial charge in [-0.15, -0.1) is 0 Å². The van der Waals surface area contributed by atoms with Crippen LogP contribution in [0.2, 0.25) is 0 Å². The summed E-state index contributed by atoms with van der Waals surface area (Å²) in [7, 11) is 0. The van der Waals surface area contributed by atoms with E-state index in [0.717, 1.165) is 5.57 Å². The normalized spacial score (nSPS) is 13.7. The van der Waals surface area contributed by atoms with E-state index in [9.17, 15) is 0 Å². The molecule has 0 spiro atoms. The van der Waals surface area contributed by atoms with Crippen LogP contribution in [0.4, 0.5) is 0 Å². The van der Waals surface area contributed by atoms with Gasteiger partial charge >= 0.3 is 0 Å². The van der Waals surface area contributed by atoms with Gasteiger partial charge < -0.3 is 0 Å². The van der Waals surface area contributed by atoms with Crippen LogP contribution >= 0.6 is 0 Å². The van der Waals surface area contributed by atoms with E-state index in [1.54, 1.807) is 0 Å². The number of nitrogens with zero attached hydrogens (tertiary/aromatic N) is 1. The fourth-order valence-corrected chi connectivity index (χ4v) is 0.829. The molecule has 0 radical (unpaired) electrons. The average Bonchev–Trinajstić information content (AvgIpc) is 1.97. The Morgan fingerprint density at radius 3 is 2.73 bits per heavy atom. The van der Waals surface area contributed by atoms with Crippen molar-refractivity contribution < 1.29 is 0 Å². The van der Waals surface area contributed by atoms with Crippen molar-refractivity contribution in [3.05, 3.63) is 12.2 Å². The van der Waals surface area contributed by atoms with E-state index in [-0.39, 0.29) is 0 Å². The van der Waals surface area contributed by atoms with Crippen molar-refractivity contribution in [3.63, 3.8) is 0 Å². The first-order valence-electron chi connectivity index (χ1n) is 4.35. The molecule has 1 nitrogen and oxygen atoms in total. The molecule has 0 heterocycles. The van der Waals surface area contributed by atoms with E-state index in [2.05, 4.69) is 25.4 Å². The number of hydrogen-bond donors (Lipinski definition) is 0. The Morgan fingerprint density at radius 1 is 1.64 bits per heavy atom. The highest BCUT2D eigenvalue weighted by molar-refractivity contribution is 5.76. The van der Waals surface area contributed by atoms with Crippen molar-refractivity contribution in [3.8, 4) is 0 Å². The highest BCUT2D eigenvalue weighted by Crippen LogP contribution is 2.02. The van der Waals surface area contributed by atoms with Crippen LogP contribution in [-0.4, -0.2) is 12.3 Å². The van der Waals surface area contributed by atoms with Crippen LogP contribution in [0.3, 0.4) is 0 Å². The molecule has 0 bridgehead atoms. The monoisotopic (exact) mass is 153 g/mol. The van der Waals surface area contributed by atoms with Crippen LogP contribution in [0.1, 0.15) is 40.0 Å². The van der Waals surface area contributed by atoms with Crippen molar-refractivity contribution in [2.45, 2.75) is 46.1 Å². The Hall–Kier alpha value is -0.590. The van der Waals surface area contributed by atoms with E-state index >= 15 is 0 Å². The number of hydrogen-bond acceptors (Lipinski definition) is 1. The van der Waals surface area contributed by atoms with Crippen LogP contribution in [-0.2, 0) is 0 Å². The first kappa shape index (κ1) is 10.4. The number of unbranched alkanes of at least 4 members (excludes halogenated alkanes) is 1. The number of aliphatic imine (C=N–C) groups is 1. The zero-order valence-electron chi connectivity index (χ0n) is 7.93. The fraction of sp³-hybridized carbons (Fsp3) is 0.700. The van der Waals surface area contributed by atoms with Crippen molar-refractivity contribution >= 4 is 6.21 Å². The van der Waals surface area contributed by atoms with Gasteiger partial charge in [-0.25, -0.2) is 0 Å². The zero-order valence-corrected chi connectivity index (χ0v) is 7.93. The van der Waals surface area contributed by atoms with Crippen molar-refractivity contribution in [2.24, 2.45) is 4.99 Å². The van der Waals surface area contributed by atoms with Crippen LogP contribution in [0, 0.1) is 0 Å². The first-order valence-corrected chi connectivity index (χ1v) is 4.35. The molecule has 1 heteroatoms. The van der Waals surface area contributed by atoms with Gasteiger partial charge in [0, 0.05) is 12.3 Å². The second-order valence-corrected chi connectivity index (χ2v) is 3.12. The molecule has 0 saturated carbocycles. The lowest BCUT2D eigenvalue weighted by Crippen LogP contribution is -1.97. The van der Waals surface area contributed by atoms with E-state index < -0.39 is 0 Å². The fourth-order valence-electron chi connectivity index (χ4n) is 0.829. The predicted molar refractivity (Wildman–Crippen MR) is 52.3 cm³/mol. The third-order valence-corrected chi connectivity index (χ3v) is 1.52. The van der Waals surface area contributed by atoms with Gasteiger partial charge in [-0.1, -0.05) is 26.3 Å². The Bertz CT molecular complexity index is 136. The molecule has 64 valence electrons. The van der Waals surface area contributed by atoms with Gasteiger partial charge in [-0.3, -0.25) is 4.99 Å². The van der Waals surface area contributed by atoms with Crippen molar-refractivity contribution in [1.82, 2.24) is 0 Å². The Morgan fingerprint density at radius 2 is 2.27 bits per heavy atom. The summed E-state index contributed by atoms with van der Waals surface area (Å²) >= 11 is 0. The van der Waals surface area contributed by atoms with Crippen LogP contribution in [0.25, 0.3) is 0 Å². The van der Waals surface area contributed by atoms with E-state index in [1.807, 2.05) is 13.1 Å². The summed E-state index contributed by atoms with van der Waals surface area (Å²) in [5, 5.41) is 0. The van der Waals surface area contributed by atoms with E-state index in [4.69, 9.17) is 0 Å². The largest absolute Gasteiger partial charge is 0.290 e. The van der Waals surface area contributed by atoms with Crippen LogP contribution in [0.15, 0.2) is 17.1 Å². The lowest BCUT2D eigenvalue weighted by Gasteiger charge is -2.03. The topological polar surface area (TPSA) is 12.4 Å². The average molecular weight is 153 g/mol. The van der Waals surface area contributed by atoms with Gasteiger partial charge in [0.15, 0.2) is 0 Å². The van der Waals surface area contributed by atoms with Gasteiger partial charge in [0.05, 0.1) is 0 Å². The summed E-state index contributed by atoms with van der Waals surface area (Å²) in [5.74, 6) is 0. The summed E-state index contributed by atoms with van der Waals surface area (Å²) in [6, 6.07) is 0.464. The first-order chi connectivity index (χ1) is 5.16. The highest BCUT2D eigenvalue weighted by Gasteiger charge is 1.94. The van der Waals surface area contributed by atoms with E-state index in [0.29, 0.717) is 6.04 Å². The molecule has 1 atom stereocenters. The van der Waals surface area contributed by atoms with Gasteiger partial charge in [-0.2, -0.15) is 0 Å². The molecule has 0 aliphatic rings. The second-order valence-electron chi connectivity index (χ2n) is 3.12. The molecule has 0 saturated heterocycles. The molecule has 0 aromatic rings. The molecule has 0 aliphatic carbocycles. The molecular formula is C10H19N. The molecule has 11 heavy (non-hydrogen) atoms. The summed E-state index contributed by atoms with van der Waals surface area (Å²) in [6.07, 6.45) is 5.59. The summed E-state index contributed by atoms with van der Waals surface area (Å²) in [6.45, 7) is 10.1. The number of allylic oxidation sites excluding steroid dienone is 1. The molecule has 0 fully saturated rings. The minimum absolute atomic E-state index is 0.464. The third-order valence-electron chi connectivity index (χ3n) is 1.52. The Kier molecular flexibility index (Phi) is 5.81. The summed E-state index contributed by atoms with van der Waals surface area (Å²) < 4.78 is 0. The Balaban J connectivity index is 3.50. The number of rotatable bonds is 5. The molecular weight excluding hydrogens is 134 g/mol. The molecule has 0 amide bonds. The van der Waals surface area contributed by atoms with Crippen molar-refractivity contribution in [1.29, 1.82) is 0 Å².